The SMILES string of the molecule is Cn1ccc(C(=O)N2CC[C@@H]3[C@@H](CO[C@H]3Cc3nnc(C4CC4)o3)C2)n1. The van der Waals surface area contributed by atoms with E-state index in [-0.39, 0.29) is 12.0 Å². The number of hydrogen-bond donors (Lipinski definition) is 0. The van der Waals surface area contributed by atoms with Crippen LogP contribution in [0.1, 0.15) is 47.5 Å². The highest BCUT2D eigenvalue weighted by molar-refractivity contribution is 5.92. The number of aryl methyl sites for hydroxylation is 1. The number of carbonyl (C=O) groups excluding carboxylic acids is 1. The van der Waals surface area contributed by atoms with Crippen LogP contribution in [0, 0.1) is 11.8 Å². The number of amides is 1. The molecule has 2 aromatic heterocycles. The van der Waals surface area contributed by atoms with Gasteiger partial charge in [-0.15, -0.1) is 10.2 Å². The van der Waals surface area contributed by atoms with Crippen molar-refractivity contribution < 1.29 is 13.9 Å². The fourth-order valence-electron chi connectivity index (χ4n) is 4.19. The summed E-state index contributed by atoms with van der Waals surface area (Å²) in [6.45, 7) is 2.16. The van der Waals surface area contributed by atoms with Gasteiger partial charge in [0.25, 0.3) is 5.91 Å². The van der Waals surface area contributed by atoms with Crippen LogP contribution in [0.4, 0.5) is 0 Å². The molecule has 3 aliphatic rings. The zero-order valence-electron chi connectivity index (χ0n) is 14.9. The number of ether oxygens (including phenoxy) is 1. The van der Waals surface area contributed by atoms with E-state index in [1.54, 1.807) is 16.9 Å². The highest BCUT2D eigenvalue weighted by Gasteiger charge is 2.43. The fourth-order valence-corrected chi connectivity index (χ4v) is 4.19. The number of likely N-dealkylation sites (tertiary alicyclic amines) is 1. The Morgan fingerprint density at radius 1 is 1.31 bits per heavy atom. The second-order valence-electron chi connectivity index (χ2n) is 7.72. The molecule has 2 saturated heterocycles. The summed E-state index contributed by atoms with van der Waals surface area (Å²) in [4.78, 5) is 14.5. The third-order valence-corrected chi connectivity index (χ3v) is 5.80. The van der Waals surface area contributed by atoms with Crippen LogP contribution in [0.15, 0.2) is 16.7 Å². The van der Waals surface area contributed by atoms with Gasteiger partial charge in [0.05, 0.1) is 19.1 Å². The van der Waals surface area contributed by atoms with Gasteiger partial charge >= 0.3 is 0 Å². The summed E-state index contributed by atoms with van der Waals surface area (Å²) in [5, 5.41) is 12.6. The lowest BCUT2D eigenvalue weighted by Crippen LogP contribution is -2.45. The monoisotopic (exact) mass is 357 g/mol. The number of piperidine rings is 1. The Morgan fingerprint density at radius 3 is 2.96 bits per heavy atom. The van der Waals surface area contributed by atoms with Crippen molar-refractivity contribution in [2.45, 2.75) is 37.7 Å². The summed E-state index contributed by atoms with van der Waals surface area (Å²) in [6.07, 6.45) is 5.85. The maximum absolute atomic E-state index is 12.6. The molecule has 1 saturated carbocycles. The van der Waals surface area contributed by atoms with Crippen LogP contribution in [-0.4, -0.2) is 56.6 Å². The molecule has 3 atom stereocenters. The molecule has 3 fully saturated rings. The summed E-state index contributed by atoms with van der Waals surface area (Å²) < 4.78 is 13.5. The smallest absolute Gasteiger partial charge is 0.274 e. The zero-order valence-corrected chi connectivity index (χ0v) is 14.9. The molecule has 1 amide bonds. The third kappa shape index (κ3) is 2.92. The van der Waals surface area contributed by atoms with Gasteiger partial charge in [0, 0.05) is 38.2 Å². The minimum absolute atomic E-state index is 0.0125. The van der Waals surface area contributed by atoms with Crippen molar-refractivity contribution in [3.05, 3.63) is 29.7 Å². The van der Waals surface area contributed by atoms with Crippen molar-refractivity contribution in [1.82, 2.24) is 24.9 Å². The number of nitrogens with zero attached hydrogens (tertiary/aromatic N) is 5. The first-order valence-electron chi connectivity index (χ1n) is 9.40. The summed E-state index contributed by atoms with van der Waals surface area (Å²) in [5.74, 6) is 2.77. The molecule has 26 heavy (non-hydrogen) atoms. The molecule has 0 aromatic carbocycles. The van der Waals surface area contributed by atoms with Crippen LogP contribution < -0.4 is 0 Å². The summed E-state index contributed by atoms with van der Waals surface area (Å²) in [7, 11) is 1.82. The van der Waals surface area contributed by atoms with Crippen molar-refractivity contribution in [2.24, 2.45) is 18.9 Å². The number of fused-ring (bicyclic) bond motifs is 1. The van der Waals surface area contributed by atoms with Gasteiger partial charge in [-0.3, -0.25) is 9.48 Å². The highest BCUT2D eigenvalue weighted by atomic mass is 16.5. The molecule has 5 rings (SSSR count). The highest BCUT2D eigenvalue weighted by Crippen LogP contribution is 2.40. The predicted octanol–water partition coefficient (Wildman–Crippen LogP) is 1.40. The first kappa shape index (κ1) is 16.0. The van der Waals surface area contributed by atoms with Crippen LogP contribution >= 0.6 is 0 Å². The summed E-state index contributed by atoms with van der Waals surface area (Å²) >= 11 is 0. The predicted molar refractivity (Wildman–Crippen MR) is 90.4 cm³/mol. The Balaban J connectivity index is 1.21. The van der Waals surface area contributed by atoms with Gasteiger partial charge in [-0.2, -0.15) is 5.10 Å². The molecule has 0 unspecified atom stereocenters. The van der Waals surface area contributed by atoms with Crippen LogP contribution in [0.3, 0.4) is 0 Å². The number of rotatable bonds is 4. The molecule has 8 heteroatoms. The molecule has 0 spiro atoms. The Kier molecular flexibility index (Phi) is 3.81. The number of hydrogen-bond acceptors (Lipinski definition) is 6. The normalized spacial score (nSPS) is 28.3. The maximum atomic E-state index is 12.6. The van der Waals surface area contributed by atoms with Gasteiger partial charge in [-0.1, -0.05) is 0 Å². The second kappa shape index (κ2) is 6.19. The van der Waals surface area contributed by atoms with E-state index in [1.165, 1.54) is 0 Å². The Labute approximate surface area is 151 Å². The van der Waals surface area contributed by atoms with Gasteiger partial charge in [0.1, 0.15) is 5.69 Å². The van der Waals surface area contributed by atoms with Gasteiger partial charge in [-0.25, -0.2) is 0 Å². The average molecular weight is 357 g/mol. The van der Waals surface area contributed by atoms with Gasteiger partial charge in [-0.05, 0) is 31.2 Å². The summed E-state index contributed by atoms with van der Waals surface area (Å²) in [5.41, 5.74) is 0.514. The molecular weight excluding hydrogens is 334 g/mol. The first-order chi connectivity index (χ1) is 12.7. The van der Waals surface area contributed by atoms with Crippen LogP contribution in [-0.2, 0) is 18.2 Å². The van der Waals surface area contributed by atoms with Gasteiger partial charge in [0.15, 0.2) is 0 Å². The van der Waals surface area contributed by atoms with E-state index in [9.17, 15) is 4.79 Å². The standard InChI is InChI=1S/C18H23N5O3/c1-22-6-5-14(21-22)18(24)23-7-4-13-12(9-23)10-25-15(13)8-16-19-20-17(26-16)11-2-3-11/h5-6,11-13,15H,2-4,7-10H2,1H3/t12-,13-,15+/m1/s1. The molecular formula is C18H23N5O3. The Hall–Kier alpha value is -2.22. The fraction of sp³-hybridized carbons (Fsp3) is 0.667. The van der Waals surface area contributed by atoms with E-state index in [2.05, 4.69) is 15.3 Å². The molecule has 2 aliphatic heterocycles. The van der Waals surface area contributed by atoms with Gasteiger partial charge in [0.2, 0.25) is 11.8 Å². The molecule has 138 valence electrons. The molecule has 4 heterocycles. The van der Waals surface area contributed by atoms with E-state index in [0.717, 1.165) is 38.2 Å². The maximum Gasteiger partial charge on any atom is 0.274 e. The zero-order chi connectivity index (χ0) is 17.7. The van der Waals surface area contributed by atoms with Crippen molar-refractivity contribution in [3.8, 4) is 0 Å². The Morgan fingerprint density at radius 2 is 2.19 bits per heavy atom. The van der Waals surface area contributed by atoms with E-state index in [1.807, 2.05) is 11.9 Å². The average Bonchev–Trinajstić information content (AvgIpc) is 3.04. The topological polar surface area (TPSA) is 86.3 Å². The number of aromatic nitrogens is 4. The lowest BCUT2D eigenvalue weighted by atomic mass is 9.83. The third-order valence-electron chi connectivity index (χ3n) is 5.80. The minimum Gasteiger partial charge on any atom is -0.425 e. The quantitative estimate of drug-likeness (QED) is 0.822. The lowest BCUT2D eigenvalue weighted by Gasteiger charge is -2.35. The van der Waals surface area contributed by atoms with E-state index in [0.29, 0.717) is 42.4 Å². The van der Waals surface area contributed by atoms with Crippen molar-refractivity contribution in [1.29, 1.82) is 0 Å². The van der Waals surface area contributed by atoms with Crippen LogP contribution in [0.5, 0.6) is 0 Å². The van der Waals surface area contributed by atoms with E-state index >= 15 is 0 Å². The summed E-state index contributed by atoms with van der Waals surface area (Å²) in [6, 6.07) is 1.77. The molecule has 0 bridgehead atoms. The second-order valence-corrected chi connectivity index (χ2v) is 7.72. The van der Waals surface area contributed by atoms with Crippen LogP contribution in [0.25, 0.3) is 0 Å². The lowest BCUT2D eigenvalue weighted by molar-refractivity contribution is 0.0598. The molecule has 0 N–H and O–H groups in total. The van der Waals surface area contributed by atoms with Crippen molar-refractivity contribution in [3.63, 3.8) is 0 Å². The molecule has 1 aliphatic carbocycles. The molecule has 0 radical (unpaired) electrons. The van der Waals surface area contributed by atoms with Crippen LogP contribution in [0.2, 0.25) is 0 Å². The Bertz CT molecular complexity index is 811. The van der Waals surface area contributed by atoms with Gasteiger partial charge < -0.3 is 14.1 Å². The molecule has 8 nitrogen and oxygen atoms in total. The van der Waals surface area contributed by atoms with Crippen molar-refractivity contribution in [2.75, 3.05) is 19.7 Å². The minimum atomic E-state index is 0.0125. The van der Waals surface area contributed by atoms with Crippen molar-refractivity contribution >= 4 is 5.91 Å². The largest absolute Gasteiger partial charge is 0.425 e. The number of carbonyl (C=O) groups is 1. The molecule has 2 aromatic rings. The first-order valence-corrected chi connectivity index (χ1v) is 9.40. The van der Waals surface area contributed by atoms with E-state index in [4.69, 9.17) is 9.15 Å². The van der Waals surface area contributed by atoms with E-state index < -0.39 is 0 Å².